The van der Waals surface area contributed by atoms with Crippen molar-refractivity contribution in [3.63, 3.8) is 0 Å². The van der Waals surface area contributed by atoms with Gasteiger partial charge in [-0.25, -0.2) is 0 Å². The molecule has 0 aromatic carbocycles. The minimum absolute atomic E-state index is 0.0368. The number of aliphatic hydroxyl groups is 1. The van der Waals surface area contributed by atoms with Gasteiger partial charge in [-0.3, -0.25) is 4.79 Å². The van der Waals surface area contributed by atoms with E-state index in [4.69, 9.17) is 0 Å². The normalized spacial score (nSPS) is 32.2. The van der Waals surface area contributed by atoms with Gasteiger partial charge in [-0.2, -0.15) is 0 Å². The molecule has 1 aliphatic carbocycles. The van der Waals surface area contributed by atoms with E-state index >= 15 is 0 Å². The summed E-state index contributed by atoms with van der Waals surface area (Å²) in [4.78, 5) is 11.5. The Bertz CT molecular complexity index is 313. The molecule has 0 amide bonds. The molecule has 1 rings (SSSR count). The summed E-state index contributed by atoms with van der Waals surface area (Å²) in [5.74, 6) is 0.382. The molecular weight excluding hydrogens is 200 g/mol. The molecule has 0 unspecified atom stereocenters. The number of rotatable bonds is 3. The minimum Gasteiger partial charge on any atom is -0.393 e. The molecule has 0 bridgehead atoms. The highest BCUT2D eigenvalue weighted by Crippen LogP contribution is 2.28. The van der Waals surface area contributed by atoms with Crippen LogP contribution in [0.25, 0.3) is 0 Å². The number of Topliss-reactive ketones (excluding diaryl/α,β-unsaturated/α-hetero) is 1. The second-order valence-electron chi connectivity index (χ2n) is 4.31. The van der Waals surface area contributed by atoms with Crippen molar-refractivity contribution >= 4 is 5.78 Å². The van der Waals surface area contributed by atoms with E-state index in [1.165, 1.54) is 0 Å². The van der Waals surface area contributed by atoms with E-state index in [-0.39, 0.29) is 17.6 Å². The highest BCUT2D eigenvalue weighted by molar-refractivity contribution is 5.82. The number of hydrogen-bond acceptors (Lipinski definition) is 2. The van der Waals surface area contributed by atoms with E-state index in [1.807, 2.05) is 50.3 Å². The molecule has 0 aliphatic heterocycles. The molecule has 1 fully saturated rings. The van der Waals surface area contributed by atoms with Gasteiger partial charge >= 0.3 is 0 Å². The lowest BCUT2D eigenvalue weighted by Crippen LogP contribution is -2.32. The van der Waals surface area contributed by atoms with Crippen LogP contribution in [0.2, 0.25) is 0 Å². The number of hydrogen-bond donors (Lipinski definition) is 1. The molecule has 0 aromatic rings. The van der Waals surface area contributed by atoms with Crippen molar-refractivity contribution in [1.29, 1.82) is 0 Å². The Hall–Kier alpha value is -1.15. The number of allylic oxidation sites excluding steroid dienone is 6. The van der Waals surface area contributed by atoms with E-state index in [9.17, 15) is 9.90 Å². The van der Waals surface area contributed by atoms with Crippen LogP contribution in [-0.4, -0.2) is 17.0 Å². The van der Waals surface area contributed by atoms with Crippen molar-refractivity contribution in [2.45, 2.75) is 32.8 Å². The van der Waals surface area contributed by atoms with Crippen LogP contribution < -0.4 is 0 Å². The van der Waals surface area contributed by atoms with Gasteiger partial charge in [0.05, 0.1) is 6.10 Å². The monoisotopic (exact) mass is 220 g/mol. The third kappa shape index (κ3) is 3.78. The standard InChI is InChI=1S/C14H20O2/c1-3-4-5-6-7-8-12-9-13(15)10-14(16)11(12)2/h3-8,11-13,15H,9-10H2,1-2H3/t11-,12+,13-/m1/s1. The van der Waals surface area contributed by atoms with Crippen LogP contribution >= 0.6 is 0 Å². The zero-order valence-electron chi connectivity index (χ0n) is 9.97. The molecule has 0 heterocycles. The van der Waals surface area contributed by atoms with Crippen molar-refractivity contribution in [1.82, 2.24) is 0 Å². The summed E-state index contributed by atoms with van der Waals surface area (Å²) in [5, 5.41) is 9.52. The molecule has 0 aromatic heterocycles. The topological polar surface area (TPSA) is 37.3 Å². The molecule has 0 saturated heterocycles. The summed E-state index contributed by atoms with van der Waals surface area (Å²) in [6.07, 6.45) is 12.3. The highest BCUT2D eigenvalue weighted by atomic mass is 16.3. The van der Waals surface area contributed by atoms with Crippen molar-refractivity contribution < 1.29 is 9.90 Å². The zero-order valence-corrected chi connectivity index (χ0v) is 9.97. The van der Waals surface area contributed by atoms with Crippen molar-refractivity contribution in [3.8, 4) is 0 Å². The van der Waals surface area contributed by atoms with E-state index < -0.39 is 6.10 Å². The SMILES string of the molecule is CC=CC=CC=C[C@H]1C[C@@H](O)CC(=O)[C@@H]1C. The molecule has 1 N–H and O–H groups in total. The predicted octanol–water partition coefficient (Wildman–Crippen LogP) is 2.65. The van der Waals surface area contributed by atoms with E-state index in [0.29, 0.717) is 12.8 Å². The summed E-state index contributed by atoms with van der Waals surface area (Å²) in [7, 11) is 0. The molecular formula is C14H20O2. The molecule has 2 heteroatoms. The summed E-state index contributed by atoms with van der Waals surface area (Å²) >= 11 is 0. The fraction of sp³-hybridized carbons (Fsp3) is 0.500. The first-order valence-corrected chi connectivity index (χ1v) is 5.82. The van der Waals surface area contributed by atoms with Gasteiger partial charge in [0.2, 0.25) is 0 Å². The molecule has 0 spiro atoms. The van der Waals surface area contributed by atoms with E-state index in [2.05, 4.69) is 0 Å². The largest absolute Gasteiger partial charge is 0.393 e. The van der Waals surface area contributed by atoms with Crippen LogP contribution in [0.1, 0.15) is 26.7 Å². The smallest absolute Gasteiger partial charge is 0.138 e. The number of carbonyl (C=O) groups excluding carboxylic acids is 1. The van der Waals surface area contributed by atoms with Gasteiger partial charge in [0.15, 0.2) is 0 Å². The van der Waals surface area contributed by atoms with Crippen LogP contribution in [0.15, 0.2) is 36.5 Å². The molecule has 2 nitrogen and oxygen atoms in total. The third-order valence-corrected chi connectivity index (χ3v) is 3.02. The summed E-state index contributed by atoms with van der Waals surface area (Å²) in [5.41, 5.74) is 0. The Balaban J connectivity index is 2.54. The molecule has 88 valence electrons. The van der Waals surface area contributed by atoms with Gasteiger partial charge in [-0.1, -0.05) is 43.4 Å². The third-order valence-electron chi connectivity index (χ3n) is 3.02. The minimum atomic E-state index is -0.460. The van der Waals surface area contributed by atoms with Crippen LogP contribution in [-0.2, 0) is 4.79 Å². The first kappa shape index (κ1) is 12.9. The first-order chi connectivity index (χ1) is 7.65. The first-order valence-electron chi connectivity index (χ1n) is 5.82. The Morgan fingerprint density at radius 2 is 1.94 bits per heavy atom. The fourth-order valence-corrected chi connectivity index (χ4v) is 1.95. The Morgan fingerprint density at radius 1 is 1.25 bits per heavy atom. The number of carbonyl (C=O) groups is 1. The predicted molar refractivity (Wildman–Crippen MR) is 66.0 cm³/mol. The van der Waals surface area contributed by atoms with Gasteiger partial charge in [0.25, 0.3) is 0 Å². The average molecular weight is 220 g/mol. The highest BCUT2D eigenvalue weighted by Gasteiger charge is 2.30. The fourth-order valence-electron chi connectivity index (χ4n) is 1.95. The van der Waals surface area contributed by atoms with Gasteiger partial charge in [-0.05, 0) is 19.3 Å². The molecule has 1 aliphatic rings. The maximum absolute atomic E-state index is 11.5. The number of ketones is 1. The van der Waals surface area contributed by atoms with Crippen LogP contribution in [0.3, 0.4) is 0 Å². The summed E-state index contributed by atoms with van der Waals surface area (Å²) < 4.78 is 0. The summed E-state index contributed by atoms with van der Waals surface area (Å²) in [6, 6.07) is 0. The quantitative estimate of drug-likeness (QED) is 0.742. The maximum Gasteiger partial charge on any atom is 0.138 e. The average Bonchev–Trinajstić information content (AvgIpc) is 2.24. The lowest BCUT2D eigenvalue weighted by Gasteiger charge is -2.28. The van der Waals surface area contributed by atoms with Crippen LogP contribution in [0.4, 0.5) is 0 Å². The van der Waals surface area contributed by atoms with Gasteiger partial charge in [0.1, 0.15) is 5.78 Å². The Labute approximate surface area is 97.4 Å². The summed E-state index contributed by atoms with van der Waals surface area (Å²) in [6.45, 7) is 3.91. The Morgan fingerprint density at radius 3 is 2.62 bits per heavy atom. The lowest BCUT2D eigenvalue weighted by atomic mass is 9.78. The molecule has 0 radical (unpaired) electrons. The number of aliphatic hydroxyl groups excluding tert-OH is 1. The van der Waals surface area contributed by atoms with Gasteiger partial charge < -0.3 is 5.11 Å². The van der Waals surface area contributed by atoms with Crippen molar-refractivity contribution in [2.24, 2.45) is 11.8 Å². The van der Waals surface area contributed by atoms with Crippen molar-refractivity contribution in [3.05, 3.63) is 36.5 Å². The second-order valence-corrected chi connectivity index (χ2v) is 4.31. The van der Waals surface area contributed by atoms with E-state index in [0.717, 1.165) is 0 Å². The van der Waals surface area contributed by atoms with Crippen LogP contribution in [0.5, 0.6) is 0 Å². The molecule has 1 saturated carbocycles. The second kappa shape index (κ2) is 6.44. The maximum atomic E-state index is 11.5. The van der Waals surface area contributed by atoms with Gasteiger partial charge in [0, 0.05) is 12.3 Å². The molecule has 16 heavy (non-hydrogen) atoms. The zero-order chi connectivity index (χ0) is 12.0. The Kier molecular flexibility index (Phi) is 5.20. The van der Waals surface area contributed by atoms with E-state index in [1.54, 1.807) is 0 Å². The van der Waals surface area contributed by atoms with Gasteiger partial charge in [-0.15, -0.1) is 0 Å². The molecule has 3 atom stereocenters. The van der Waals surface area contributed by atoms with Crippen LogP contribution in [0, 0.1) is 11.8 Å². The van der Waals surface area contributed by atoms with Crippen molar-refractivity contribution in [2.75, 3.05) is 0 Å². The lowest BCUT2D eigenvalue weighted by molar-refractivity contribution is -0.128.